The van der Waals surface area contributed by atoms with E-state index in [0.717, 1.165) is 0 Å². The van der Waals surface area contributed by atoms with E-state index in [1.165, 1.54) is 0 Å². The Hall–Kier alpha value is 1.34. The van der Waals surface area contributed by atoms with Gasteiger partial charge >= 0.3 is 29.6 Å². The van der Waals surface area contributed by atoms with Crippen LogP contribution in [0.3, 0.4) is 0 Å². The minimum atomic E-state index is -4.91. The molecule has 9 nitrogen and oxygen atoms in total. The molecule has 0 spiro atoms. The maximum Gasteiger partial charge on any atom is 1.00 e. The van der Waals surface area contributed by atoms with Crippen molar-refractivity contribution in [3.8, 4) is 0 Å². The first kappa shape index (κ1) is 30.4. The van der Waals surface area contributed by atoms with Crippen molar-refractivity contribution in [2.75, 3.05) is 6.54 Å². The number of aliphatic hydroxyl groups is 1. The van der Waals surface area contributed by atoms with E-state index in [9.17, 15) is 9.46 Å². The Morgan fingerprint density at radius 2 is 1.75 bits per heavy atom. The summed E-state index contributed by atoms with van der Waals surface area (Å²) in [6.45, 7) is 0.187. The van der Waals surface area contributed by atoms with Crippen molar-refractivity contribution in [1.82, 2.24) is 0 Å². The van der Waals surface area contributed by atoms with Gasteiger partial charge in [-0.15, -0.1) is 0 Å². The molecule has 0 rings (SSSR count). The van der Waals surface area contributed by atoms with Crippen LogP contribution in [0.15, 0.2) is 0 Å². The molecule has 12 heteroatoms. The quantitative estimate of drug-likeness (QED) is 0.284. The monoisotopic (exact) mass is 293 g/mol. The SMILES string of the molecule is NCCCC(O)(PO)P(=O)([O-])O.O.O.O.[Na+]. The zero-order chi connectivity index (χ0) is 9.83. The normalized spacial score (nSPS) is 16.8. The summed E-state index contributed by atoms with van der Waals surface area (Å²) in [6.07, 6.45) is -0.0351. The van der Waals surface area contributed by atoms with Crippen molar-refractivity contribution in [3.05, 3.63) is 0 Å². The standard InChI is InChI=1S/C4H13NO5P2.Na.3H2O/c5-3-1-2-4(6,11-7)12(8,9)10;;;;/h6-7,11H,1-3,5H2,(H2,8,9,10);;3*1H2/q;+1;;;/p-1. The maximum atomic E-state index is 10.5. The molecule has 11 N–H and O–H groups in total. The zero-order valence-electron chi connectivity index (χ0n) is 8.80. The summed E-state index contributed by atoms with van der Waals surface area (Å²) in [6, 6.07) is 0. The summed E-state index contributed by atoms with van der Waals surface area (Å²) >= 11 is 0. The summed E-state index contributed by atoms with van der Waals surface area (Å²) in [4.78, 5) is 27.6. The van der Waals surface area contributed by atoms with Crippen LogP contribution in [-0.2, 0) is 4.57 Å². The second-order valence-electron chi connectivity index (χ2n) is 2.34. The molecule has 3 unspecified atom stereocenters. The van der Waals surface area contributed by atoms with Gasteiger partial charge in [0.15, 0.2) is 12.7 Å². The minimum absolute atomic E-state index is 0. The van der Waals surface area contributed by atoms with Gasteiger partial charge in [0, 0.05) is 0 Å². The molecule has 0 saturated heterocycles. The first-order chi connectivity index (χ1) is 5.37. The van der Waals surface area contributed by atoms with E-state index in [1.54, 1.807) is 0 Å². The Morgan fingerprint density at radius 1 is 1.38 bits per heavy atom. The van der Waals surface area contributed by atoms with Crippen LogP contribution >= 0.6 is 16.4 Å². The van der Waals surface area contributed by atoms with Crippen LogP contribution in [-0.4, -0.2) is 42.9 Å². The summed E-state index contributed by atoms with van der Waals surface area (Å²) in [5.41, 5.74) is 5.07. The molecular weight excluding hydrogens is 275 g/mol. The van der Waals surface area contributed by atoms with Gasteiger partial charge < -0.3 is 46.5 Å². The van der Waals surface area contributed by atoms with E-state index < -0.39 is 21.5 Å². The van der Waals surface area contributed by atoms with Gasteiger partial charge in [-0.25, -0.2) is 0 Å². The molecule has 98 valence electrons. The molecule has 0 bridgehead atoms. The van der Waals surface area contributed by atoms with Gasteiger partial charge in [-0.1, -0.05) is 0 Å². The van der Waals surface area contributed by atoms with E-state index in [4.69, 9.17) is 20.6 Å². The van der Waals surface area contributed by atoms with Crippen LogP contribution in [0.4, 0.5) is 0 Å². The summed E-state index contributed by atoms with van der Waals surface area (Å²) in [5.74, 6) is 0. The average Bonchev–Trinajstić information content (AvgIpc) is 1.98. The molecule has 3 atom stereocenters. The Bertz CT molecular complexity index is 191. The zero-order valence-corrected chi connectivity index (χ0v) is 12.7. The second kappa shape index (κ2) is 12.8. The van der Waals surface area contributed by atoms with Gasteiger partial charge in [0.05, 0.1) is 8.81 Å². The van der Waals surface area contributed by atoms with E-state index in [0.29, 0.717) is 0 Å². The molecule has 0 heterocycles. The maximum absolute atomic E-state index is 10.5. The molecule has 0 saturated carbocycles. The van der Waals surface area contributed by atoms with E-state index in [2.05, 4.69) is 0 Å². The molecule has 0 radical (unpaired) electrons. The third kappa shape index (κ3) is 9.38. The minimum Gasteiger partial charge on any atom is -0.776 e. The fourth-order valence-corrected chi connectivity index (χ4v) is 1.84. The van der Waals surface area contributed by atoms with Gasteiger partial charge in [-0.2, -0.15) is 0 Å². The smallest absolute Gasteiger partial charge is 0.776 e. The van der Waals surface area contributed by atoms with Crippen LogP contribution in [0, 0.1) is 0 Å². The average molecular weight is 293 g/mol. The molecule has 16 heavy (non-hydrogen) atoms. The van der Waals surface area contributed by atoms with Crippen LogP contribution in [0.5, 0.6) is 0 Å². The Kier molecular flexibility index (Phi) is 24.3. The molecule has 0 aliphatic heterocycles. The van der Waals surface area contributed by atoms with Gasteiger partial charge in [-0.05, 0) is 19.4 Å². The first-order valence-electron chi connectivity index (χ1n) is 3.25. The van der Waals surface area contributed by atoms with Crippen LogP contribution < -0.4 is 40.2 Å². The topological polar surface area (TPSA) is 221 Å². The fraction of sp³-hybridized carbons (Fsp3) is 1.00. The van der Waals surface area contributed by atoms with Crippen LogP contribution in [0.25, 0.3) is 0 Å². The van der Waals surface area contributed by atoms with Gasteiger partial charge in [0.2, 0.25) is 0 Å². The van der Waals surface area contributed by atoms with E-state index >= 15 is 0 Å². The van der Waals surface area contributed by atoms with Crippen molar-refractivity contribution in [3.63, 3.8) is 0 Å². The Balaban J connectivity index is -0.000000101. The van der Waals surface area contributed by atoms with E-state index in [1.807, 2.05) is 0 Å². The number of nitrogens with two attached hydrogens (primary N) is 1. The van der Waals surface area contributed by atoms with Crippen molar-refractivity contribution >= 4 is 16.4 Å². The predicted octanol–water partition coefficient (Wildman–Crippen LogP) is -6.97. The van der Waals surface area contributed by atoms with Crippen LogP contribution in [0.1, 0.15) is 12.8 Å². The van der Waals surface area contributed by atoms with Crippen molar-refractivity contribution in [2.24, 2.45) is 5.73 Å². The Labute approximate surface area is 117 Å². The molecule has 0 aliphatic carbocycles. The molecular formula is C4H18NNaO8P2. The summed E-state index contributed by atoms with van der Waals surface area (Å²) in [7, 11) is -6.17. The van der Waals surface area contributed by atoms with Gasteiger partial charge in [0.25, 0.3) is 0 Å². The number of hydrogen-bond acceptors (Lipinski definition) is 5. The molecule has 0 aromatic rings. The first-order valence-corrected chi connectivity index (χ1v) is 5.77. The largest absolute Gasteiger partial charge is 1.00 e. The third-order valence-corrected chi connectivity index (χ3v) is 4.29. The summed E-state index contributed by atoms with van der Waals surface area (Å²) < 4.78 is 10.5. The van der Waals surface area contributed by atoms with Crippen LogP contribution in [0.2, 0.25) is 0 Å². The number of rotatable bonds is 5. The van der Waals surface area contributed by atoms with Gasteiger partial charge in [-0.3, -0.25) is 0 Å². The van der Waals surface area contributed by atoms with Crippen molar-refractivity contribution in [2.45, 2.75) is 17.9 Å². The third-order valence-electron chi connectivity index (χ3n) is 1.38. The molecule has 0 aliphatic rings. The predicted molar refractivity (Wildman–Crippen MR) is 54.4 cm³/mol. The number of hydrogen-bond donors (Lipinski definition) is 4. The summed E-state index contributed by atoms with van der Waals surface area (Å²) in [5, 5.41) is 6.76. The molecule has 0 fully saturated rings. The molecule has 0 aromatic heterocycles. The van der Waals surface area contributed by atoms with Gasteiger partial charge in [0.1, 0.15) is 0 Å². The molecule has 0 aromatic carbocycles. The molecule has 0 amide bonds. The fourth-order valence-electron chi connectivity index (χ4n) is 0.609. The second-order valence-corrected chi connectivity index (χ2v) is 5.59. The van der Waals surface area contributed by atoms with E-state index in [-0.39, 0.29) is 65.4 Å². The Morgan fingerprint density at radius 3 is 1.94 bits per heavy atom. The van der Waals surface area contributed by atoms with Crippen molar-refractivity contribution in [1.29, 1.82) is 0 Å². The van der Waals surface area contributed by atoms with Crippen molar-refractivity contribution < 1.29 is 70.3 Å².